The molecule has 2 aliphatic heterocycles. The van der Waals surface area contributed by atoms with Crippen molar-refractivity contribution in [2.45, 2.75) is 24.2 Å². The highest BCUT2D eigenvalue weighted by molar-refractivity contribution is 5.89. The molecule has 31 heavy (non-hydrogen) atoms. The minimum absolute atomic E-state index is 0.0487. The fourth-order valence-corrected chi connectivity index (χ4v) is 4.55. The van der Waals surface area contributed by atoms with Gasteiger partial charge in [0.2, 0.25) is 17.6 Å². The van der Waals surface area contributed by atoms with Gasteiger partial charge in [0.05, 0.1) is 24.0 Å². The maximum Gasteiger partial charge on any atom is 0.233 e. The lowest BCUT2D eigenvalue weighted by Gasteiger charge is -2.45. The molecule has 0 N–H and O–H groups in total. The van der Waals surface area contributed by atoms with Gasteiger partial charge in [-0.3, -0.25) is 4.79 Å². The molecule has 7 heteroatoms. The highest BCUT2D eigenvalue weighted by atomic mass is 16.5. The van der Waals surface area contributed by atoms with Crippen LogP contribution in [0.2, 0.25) is 0 Å². The summed E-state index contributed by atoms with van der Waals surface area (Å²) in [6, 6.07) is 17.7. The molecule has 0 aliphatic carbocycles. The van der Waals surface area contributed by atoms with Gasteiger partial charge in [0, 0.05) is 26.3 Å². The number of carbonyl (C=O) groups is 1. The number of methoxy groups -OCH3 is 1. The maximum absolute atomic E-state index is 13.6. The van der Waals surface area contributed by atoms with Crippen molar-refractivity contribution in [3.8, 4) is 17.1 Å². The molecule has 3 heterocycles. The van der Waals surface area contributed by atoms with E-state index in [1.54, 1.807) is 7.11 Å². The van der Waals surface area contributed by atoms with Crippen LogP contribution in [0.15, 0.2) is 59.1 Å². The van der Waals surface area contributed by atoms with Crippen LogP contribution in [-0.4, -0.2) is 54.4 Å². The number of amides is 1. The van der Waals surface area contributed by atoms with E-state index < -0.39 is 5.41 Å². The van der Waals surface area contributed by atoms with Gasteiger partial charge in [-0.1, -0.05) is 47.6 Å². The molecule has 1 aromatic heterocycles. The number of hydrogen-bond acceptors (Lipinski definition) is 6. The Morgan fingerprint density at radius 1 is 1.06 bits per heavy atom. The van der Waals surface area contributed by atoms with Crippen molar-refractivity contribution in [1.29, 1.82) is 0 Å². The van der Waals surface area contributed by atoms with Gasteiger partial charge >= 0.3 is 0 Å². The van der Waals surface area contributed by atoms with Crippen LogP contribution in [0.5, 0.6) is 5.75 Å². The van der Waals surface area contributed by atoms with Gasteiger partial charge in [0.25, 0.3) is 0 Å². The fourth-order valence-electron chi connectivity index (χ4n) is 4.55. The van der Waals surface area contributed by atoms with Crippen molar-refractivity contribution in [3.63, 3.8) is 0 Å². The molecule has 2 fully saturated rings. The van der Waals surface area contributed by atoms with E-state index in [9.17, 15) is 4.79 Å². The Kier molecular flexibility index (Phi) is 5.19. The molecule has 0 atom stereocenters. The lowest BCUT2D eigenvalue weighted by molar-refractivity contribution is -0.146. The predicted molar refractivity (Wildman–Crippen MR) is 114 cm³/mol. The van der Waals surface area contributed by atoms with Crippen molar-refractivity contribution < 1.29 is 18.8 Å². The molecule has 5 rings (SSSR count). The quantitative estimate of drug-likeness (QED) is 0.631. The van der Waals surface area contributed by atoms with Gasteiger partial charge < -0.3 is 18.9 Å². The van der Waals surface area contributed by atoms with E-state index in [1.807, 2.05) is 47.4 Å². The molecule has 0 spiro atoms. The van der Waals surface area contributed by atoms with E-state index in [4.69, 9.17) is 14.0 Å². The van der Waals surface area contributed by atoms with Crippen LogP contribution >= 0.6 is 0 Å². The minimum atomic E-state index is -0.512. The van der Waals surface area contributed by atoms with Gasteiger partial charge in [-0.25, -0.2) is 0 Å². The van der Waals surface area contributed by atoms with E-state index in [0.717, 1.165) is 11.1 Å². The van der Waals surface area contributed by atoms with Crippen molar-refractivity contribution in [3.05, 3.63) is 66.1 Å². The number of para-hydroxylation sites is 1. The summed E-state index contributed by atoms with van der Waals surface area (Å²) < 4.78 is 16.5. The molecule has 0 saturated carbocycles. The van der Waals surface area contributed by atoms with E-state index in [2.05, 4.69) is 22.3 Å². The highest BCUT2D eigenvalue weighted by Gasteiger charge is 2.48. The molecule has 160 valence electrons. The summed E-state index contributed by atoms with van der Waals surface area (Å²) in [6.45, 7) is 2.37. The Morgan fingerprint density at radius 2 is 1.77 bits per heavy atom. The third kappa shape index (κ3) is 3.49. The number of benzene rings is 2. The topological polar surface area (TPSA) is 77.7 Å². The lowest BCUT2D eigenvalue weighted by atomic mass is 9.72. The first-order valence-corrected chi connectivity index (χ1v) is 10.6. The maximum atomic E-state index is 13.6. The van der Waals surface area contributed by atoms with Gasteiger partial charge in [0.15, 0.2) is 0 Å². The molecule has 0 radical (unpaired) electrons. The van der Waals surface area contributed by atoms with Crippen LogP contribution in [0.4, 0.5) is 0 Å². The summed E-state index contributed by atoms with van der Waals surface area (Å²) in [5, 5.41) is 4.13. The third-order valence-corrected chi connectivity index (χ3v) is 6.39. The van der Waals surface area contributed by atoms with E-state index in [1.165, 1.54) is 0 Å². The molecule has 0 unspecified atom stereocenters. The molecule has 0 bridgehead atoms. The minimum Gasteiger partial charge on any atom is -0.496 e. The van der Waals surface area contributed by atoms with Gasteiger partial charge in [-0.05, 0) is 30.5 Å². The van der Waals surface area contributed by atoms with Crippen LogP contribution in [0.1, 0.15) is 30.2 Å². The van der Waals surface area contributed by atoms with Crippen molar-refractivity contribution in [1.82, 2.24) is 15.0 Å². The summed E-state index contributed by atoms with van der Waals surface area (Å²) in [6.07, 6.45) is 1.41. The average molecular weight is 419 g/mol. The summed E-state index contributed by atoms with van der Waals surface area (Å²) in [4.78, 5) is 20.1. The standard InChI is InChI=1S/C24H25N3O4/c1-29-20-10-6-5-9-19(20)21-25-22(31-26-21)17-15-27(16-17)23(28)24(11-13-30-14-12-24)18-7-3-2-4-8-18/h2-10,17H,11-16H2,1H3. The second kappa shape index (κ2) is 8.15. The Labute approximate surface area is 181 Å². The van der Waals surface area contributed by atoms with Crippen molar-refractivity contribution >= 4 is 5.91 Å². The number of aromatic nitrogens is 2. The Morgan fingerprint density at radius 3 is 2.52 bits per heavy atom. The smallest absolute Gasteiger partial charge is 0.233 e. The van der Waals surface area contributed by atoms with Crippen molar-refractivity contribution in [2.75, 3.05) is 33.4 Å². The Hall–Kier alpha value is -3.19. The normalized spacial score (nSPS) is 18.4. The van der Waals surface area contributed by atoms with Crippen LogP contribution in [0.25, 0.3) is 11.4 Å². The fraction of sp³-hybridized carbons (Fsp3) is 0.375. The number of rotatable bonds is 5. The molecular formula is C24H25N3O4. The number of hydrogen-bond donors (Lipinski definition) is 0. The molecule has 2 aromatic carbocycles. The van der Waals surface area contributed by atoms with Crippen LogP contribution in [-0.2, 0) is 14.9 Å². The third-order valence-electron chi connectivity index (χ3n) is 6.39. The molecular weight excluding hydrogens is 394 g/mol. The Balaban J connectivity index is 1.31. The zero-order valence-electron chi connectivity index (χ0n) is 17.5. The van der Waals surface area contributed by atoms with Crippen LogP contribution in [0.3, 0.4) is 0 Å². The van der Waals surface area contributed by atoms with E-state index >= 15 is 0 Å². The summed E-state index contributed by atoms with van der Waals surface area (Å²) in [7, 11) is 1.62. The Bertz CT molecular complexity index is 1050. The zero-order chi connectivity index (χ0) is 21.3. The molecule has 3 aromatic rings. The predicted octanol–water partition coefficient (Wildman–Crippen LogP) is 3.42. The summed E-state index contributed by atoms with van der Waals surface area (Å²) >= 11 is 0. The largest absolute Gasteiger partial charge is 0.496 e. The summed E-state index contributed by atoms with van der Waals surface area (Å²) in [5.41, 5.74) is 1.35. The molecule has 7 nitrogen and oxygen atoms in total. The number of nitrogens with zero attached hydrogens (tertiary/aromatic N) is 3. The average Bonchev–Trinajstić information content (AvgIpc) is 3.28. The lowest BCUT2D eigenvalue weighted by Crippen LogP contribution is -2.57. The molecule has 1 amide bonds. The first-order valence-electron chi connectivity index (χ1n) is 10.6. The van der Waals surface area contributed by atoms with Crippen LogP contribution < -0.4 is 4.74 Å². The first-order chi connectivity index (χ1) is 15.2. The zero-order valence-corrected chi connectivity index (χ0v) is 17.5. The molecule has 2 aliphatic rings. The van der Waals surface area contributed by atoms with Crippen molar-refractivity contribution in [2.24, 2.45) is 0 Å². The monoisotopic (exact) mass is 419 g/mol. The van der Waals surface area contributed by atoms with Gasteiger partial charge in [0.1, 0.15) is 5.75 Å². The highest BCUT2D eigenvalue weighted by Crippen LogP contribution is 2.40. The SMILES string of the molecule is COc1ccccc1-c1noc(C2CN(C(=O)C3(c4ccccc4)CCOCC3)C2)n1. The second-order valence-corrected chi connectivity index (χ2v) is 8.12. The number of ether oxygens (including phenoxy) is 2. The van der Waals surface area contributed by atoms with Crippen LogP contribution in [0, 0.1) is 0 Å². The van der Waals surface area contributed by atoms with E-state index in [0.29, 0.717) is 56.6 Å². The summed E-state index contributed by atoms with van der Waals surface area (Å²) in [5.74, 6) is 1.98. The number of carbonyl (C=O) groups excluding carboxylic acids is 1. The van der Waals surface area contributed by atoms with Gasteiger partial charge in [-0.15, -0.1) is 0 Å². The number of likely N-dealkylation sites (tertiary alicyclic amines) is 1. The second-order valence-electron chi connectivity index (χ2n) is 8.12. The molecule has 2 saturated heterocycles. The van der Waals surface area contributed by atoms with Gasteiger partial charge in [-0.2, -0.15) is 4.98 Å². The first kappa shape index (κ1) is 19.8. The van der Waals surface area contributed by atoms with E-state index in [-0.39, 0.29) is 11.8 Å².